The van der Waals surface area contributed by atoms with E-state index < -0.39 is 0 Å². The number of para-hydroxylation sites is 1. The molecule has 118 valence electrons. The number of benzene rings is 1. The molecule has 0 fully saturated rings. The highest BCUT2D eigenvalue weighted by molar-refractivity contribution is 5.83. The van der Waals surface area contributed by atoms with Gasteiger partial charge >= 0.3 is 0 Å². The molecule has 0 spiro atoms. The molecule has 0 saturated carbocycles. The van der Waals surface area contributed by atoms with Crippen molar-refractivity contribution >= 4 is 16.8 Å². The monoisotopic (exact) mass is 309 g/mol. The van der Waals surface area contributed by atoms with E-state index in [2.05, 4.69) is 37.8 Å². The summed E-state index contributed by atoms with van der Waals surface area (Å²) in [5.74, 6) is 0.133. The molecule has 0 aliphatic heterocycles. The summed E-state index contributed by atoms with van der Waals surface area (Å²) in [5, 5.41) is 15.2. The third kappa shape index (κ3) is 2.72. The highest BCUT2D eigenvalue weighted by Gasteiger charge is 2.26. The Balaban J connectivity index is 1.34. The third-order valence-electron chi connectivity index (χ3n) is 4.61. The van der Waals surface area contributed by atoms with Gasteiger partial charge in [-0.2, -0.15) is 15.4 Å². The zero-order valence-corrected chi connectivity index (χ0v) is 12.8. The Hall–Kier alpha value is -2.63. The number of carbonyl (C=O) groups excluding carboxylic acids is 1. The van der Waals surface area contributed by atoms with Crippen molar-refractivity contribution in [2.45, 2.75) is 25.7 Å². The first kappa shape index (κ1) is 14.0. The molecular weight excluding hydrogens is 290 g/mol. The Kier molecular flexibility index (Phi) is 3.57. The summed E-state index contributed by atoms with van der Waals surface area (Å²) in [4.78, 5) is 15.6. The molecule has 1 unspecified atom stereocenters. The molecular formula is C17H19N5O. The summed E-state index contributed by atoms with van der Waals surface area (Å²) in [7, 11) is 0. The van der Waals surface area contributed by atoms with Crippen molar-refractivity contribution in [1.29, 1.82) is 0 Å². The maximum absolute atomic E-state index is 12.3. The van der Waals surface area contributed by atoms with E-state index in [0.29, 0.717) is 13.0 Å². The van der Waals surface area contributed by atoms with Crippen molar-refractivity contribution < 1.29 is 4.79 Å². The molecule has 0 saturated heterocycles. The lowest BCUT2D eigenvalue weighted by Crippen LogP contribution is -2.35. The van der Waals surface area contributed by atoms with Gasteiger partial charge in [-0.05, 0) is 30.9 Å². The van der Waals surface area contributed by atoms with E-state index in [1.54, 1.807) is 0 Å². The number of hydrogen-bond acceptors (Lipinski definition) is 3. The second kappa shape index (κ2) is 5.87. The van der Waals surface area contributed by atoms with E-state index in [4.69, 9.17) is 0 Å². The molecule has 1 atom stereocenters. The molecule has 4 rings (SSSR count). The standard InChI is InChI=1S/C17H19N5O/c23-17(11-5-6-15-16(9-11)21-22-20-15)18-8-7-12-10-19-14-4-2-1-3-13(12)14/h1-4,10-11,19H,5-9H2,(H,18,23)(H,20,21,22). The van der Waals surface area contributed by atoms with Gasteiger partial charge in [0.2, 0.25) is 5.91 Å². The summed E-state index contributed by atoms with van der Waals surface area (Å²) in [5.41, 5.74) is 4.32. The molecule has 6 nitrogen and oxygen atoms in total. The fourth-order valence-corrected chi connectivity index (χ4v) is 3.31. The van der Waals surface area contributed by atoms with Crippen LogP contribution in [0.25, 0.3) is 10.9 Å². The van der Waals surface area contributed by atoms with E-state index in [1.165, 1.54) is 10.9 Å². The second-order valence-electron chi connectivity index (χ2n) is 6.06. The van der Waals surface area contributed by atoms with Gasteiger partial charge in [-0.25, -0.2) is 0 Å². The molecule has 1 amide bonds. The van der Waals surface area contributed by atoms with Crippen LogP contribution >= 0.6 is 0 Å². The minimum absolute atomic E-state index is 0.00979. The van der Waals surface area contributed by atoms with Crippen LogP contribution in [0.2, 0.25) is 0 Å². The van der Waals surface area contributed by atoms with Crippen LogP contribution in [0.15, 0.2) is 30.5 Å². The predicted octanol–water partition coefficient (Wildman–Crippen LogP) is 1.75. The fourth-order valence-electron chi connectivity index (χ4n) is 3.31. The summed E-state index contributed by atoms with van der Waals surface area (Å²) in [6.45, 7) is 0.656. The van der Waals surface area contributed by atoms with Gasteiger partial charge in [0.05, 0.1) is 11.4 Å². The van der Waals surface area contributed by atoms with Gasteiger partial charge in [-0.1, -0.05) is 18.2 Å². The summed E-state index contributed by atoms with van der Waals surface area (Å²) >= 11 is 0. The lowest BCUT2D eigenvalue weighted by Gasteiger charge is -2.19. The number of hydrogen-bond donors (Lipinski definition) is 3. The molecule has 1 aliphatic carbocycles. The summed E-state index contributed by atoms with van der Waals surface area (Å²) in [6, 6.07) is 8.23. The van der Waals surface area contributed by atoms with Gasteiger partial charge in [0.1, 0.15) is 0 Å². The van der Waals surface area contributed by atoms with E-state index >= 15 is 0 Å². The maximum Gasteiger partial charge on any atom is 0.223 e. The predicted molar refractivity (Wildman–Crippen MR) is 86.9 cm³/mol. The number of aromatic nitrogens is 4. The number of aromatic amines is 2. The summed E-state index contributed by atoms with van der Waals surface area (Å²) < 4.78 is 0. The zero-order valence-electron chi connectivity index (χ0n) is 12.8. The Bertz CT molecular complexity index is 834. The Morgan fingerprint density at radius 2 is 2.13 bits per heavy atom. The maximum atomic E-state index is 12.3. The number of amides is 1. The molecule has 6 heteroatoms. The Morgan fingerprint density at radius 1 is 1.26 bits per heavy atom. The smallest absolute Gasteiger partial charge is 0.223 e. The second-order valence-corrected chi connectivity index (χ2v) is 6.06. The molecule has 3 aromatic rings. The Morgan fingerprint density at radius 3 is 3.09 bits per heavy atom. The molecule has 2 aromatic heterocycles. The number of nitrogens with one attached hydrogen (secondary N) is 3. The van der Waals surface area contributed by atoms with Crippen LogP contribution in [0.5, 0.6) is 0 Å². The lowest BCUT2D eigenvalue weighted by atomic mass is 9.89. The third-order valence-corrected chi connectivity index (χ3v) is 4.61. The van der Waals surface area contributed by atoms with Crippen LogP contribution in [-0.4, -0.2) is 32.8 Å². The van der Waals surface area contributed by atoms with Gasteiger partial charge in [0.25, 0.3) is 0 Å². The van der Waals surface area contributed by atoms with E-state index in [1.807, 2.05) is 18.3 Å². The van der Waals surface area contributed by atoms with Gasteiger partial charge in [-0.15, -0.1) is 0 Å². The van der Waals surface area contributed by atoms with Gasteiger partial charge in [0.15, 0.2) is 0 Å². The fraction of sp³-hybridized carbons (Fsp3) is 0.353. The lowest BCUT2D eigenvalue weighted by molar-refractivity contribution is -0.125. The number of H-pyrrole nitrogens is 2. The largest absolute Gasteiger partial charge is 0.361 e. The molecule has 0 bridgehead atoms. The minimum Gasteiger partial charge on any atom is -0.361 e. The number of fused-ring (bicyclic) bond motifs is 2. The highest BCUT2D eigenvalue weighted by Crippen LogP contribution is 2.22. The molecule has 23 heavy (non-hydrogen) atoms. The SMILES string of the molecule is O=C(NCCc1c[nH]c2ccccc12)C1CCc2n[nH]nc2C1. The molecule has 0 radical (unpaired) electrons. The first-order valence-electron chi connectivity index (χ1n) is 8.02. The molecule has 1 aromatic carbocycles. The van der Waals surface area contributed by atoms with E-state index in [-0.39, 0.29) is 11.8 Å². The van der Waals surface area contributed by atoms with Gasteiger partial charge in [-0.3, -0.25) is 4.79 Å². The van der Waals surface area contributed by atoms with Crippen LogP contribution in [0.3, 0.4) is 0 Å². The minimum atomic E-state index is 0.00979. The first-order chi connectivity index (χ1) is 11.3. The number of aryl methyl sites for hydroxylation is 1. The summed E-state index contributed by atoms with van der Waals surface area (Å²) in [6.07, 6.45) is 5.21. The van der Waals surface area contributed by atoms with Crippen LogP contribution < -0.4 is 5.32 Å². The van der Waals surface area contributed by atoms with E-state index in [9.17, 15) is 4.79 Å². The molecule has 1 aliphatic rings. The quantitative estimate of drug-likeness (QED) is 0.686. The van der Waals surface area contributed by atoms with Crippen molar-refractivity contribution in [1.82, 2.24) is 25.7 Å². The van der Waals surface area contributed by atoms with Crippen molar-refractivity contribution in [2.75, 3.05) is 6.54 Å². The Labute approximate surface area is 133 Å². The van der Waals surface area contributed by atoms with Crippen LogP contribution in [-0.2, 0) is 24.1 Å². The number of nitrogens with zero attached hydrogens (tertiary/aromatic N) is 2. The number of carbonyl (C=O) groups is 1. The van der Waals surface area contributed by atoms with Crippen molar-refractivity contribution in [3.63, 3.8) is 0 Å². The molecule has 3 N–H and O–H groups in total. The zero-order chi connectivity index (χ0) is 15.6. The van der Waals surface area contributed by atoms with Crippen molar-refractivity contribution in [2.24, 2.45) is 5.92 Å². The van der Waals surface area contributed by atoms with Crippen LogP contribution in [0.1, 0.15) is 23.4 Å². The van der Waals surface area contributed by atoms with Crippen LogP contribution in [0.4, 0.5) is 0 Å². The van der Waals surface area contributed by atoms with Crippen molar-refractivity contribution in [3.05, 3.63) is 47.4 Å². The molecule has 2 heterocycles. The van der Waals surface area contributed by atoms with Gasteiger partial charge < -0.3 is 10.3 Å². The average Bonchev–Trinajstić information content (AvgIpc) is 3.21. The number of rotatable bonds is 4. The van der Waals surface area contributed by atoms with Crippen LogP contribution in [0, 0.1) is 5.92 Å². The van der Waals surface area contributed by atoms with Crippen molar-refractivity contribution in [3.8, 4) is 0 Å². The first-order valence-corrected chi connectivity index (χ1v) is 8.02. The van der Waals surface area contributed by atoms with Gasteiger partial charge in [0, 0.05) is 36.0 Å². The topological polar surface area (TPSA) is 86.5 Å². The van der Waals surface area contributed by atoms with E-state index in [0.717, 1.165) is 36.2 Å². The normalized spacial score (nSPS) is 17.1. The average molecular weight is 309 g/mol. The highest BCUT2D eigenvalue weighted by atomic mass is 16.1.